The van der Waals surface area contributed by atoms with Crippen molar-refractivity contribution in [2.75, 3.05) is 20.8 Å². The van der Waals surface area contributed by atoms with Crippen molar-refractivity contribution in [3.8, 4) is 11.5 Å². The summed E-state index contributed by atoms with van der Waals surface area (Å²) < 4.78 is 11.1. The molecule has 0 heterocycles. The van der Waals surface area contributed by atoms with Crippen LogP contribution in [0.15, 0.2) is 42.0 Å². The summed E-state index contributed by atoms with van der Waals surface area (Å²) in [4.78, 5) is 0. The molecule has 0 spiro atoms. The Labute approximate surface area is 140 Å². The van der Waals surface area contributed by atoms with Crippen molar-refractivity contribution in [2.45, 2.75) is 33.6 Å². The van der Waals surface area contributed by atoms with Gasteiger partial charge in [0, 0.05) is 6.54 Å². The van der Waals surface area contributed by atoms with Crippen LogP contribution in [0.5, 0.6) is 11.5 Å². The van der Waals surface area contributed by atoms with Gasteiger partial charge in [0.1, 0.15) is 0 Å². The van der Waals surface area contributed by atoms with Gasteiger partial charge < -0.3 is 15.2 Å². The Bertz CT molecular complexity index is 598. The van der Waals surface area contributed by atoms with E-state index in [1.165, 1.54) is 0 Å². The molecule has 0 aromatic heterocycles. The van der Waals surface area contributed by atoms with Gasteiger partial charge in [-0.1, -0.05) is 37.6 Å². The van der Waals surface area contributed by atoms with Gasteiger partial charge in [-0.25, -0.2) is 0 Å². The van der Waals surface area contributed by atoms with Crippen molar-refractivity contribution in [3.05, 3.63) is 53.1 Å². The average Bonchev–Trinajstić information content (AvgIpc) is 2.58. The van der Waals surface area contributed by atoms with Gasteiger partial charge in [0.25, 0.3) is 0 Å². The van der Waals surface area contributed by atoms with Crippen molar-refractivity contribution >= 4 is 5.57 Å². The molecule has 0 saturated carbocycles. The maximum atomic E-state index is 5.83. The molecule has 3 nitrogen and oxygen atoms in total. The second-order valence-electron chi connectivity index (χ2n) is 5.29. The molecule has 0 bridgehead atoms. The SMILES string of the molecule is C\C=C/C(=C\C(=C\C)c1cc(CCC)c(OC)c(OC)c1)CN. The first kappa shape index (κ1) is 19.0. The molecule has 2 N–H and O–H groups in total. The molecule has 0 unspecified atom stereocenters. The minimum atomic E-state index is 0.511. The molecule has 1 rings (SSSR count). The van der Waals surface area contributed by atoms with Gasteiger partial charge in [0.05, 0.1) is 14.2 Å². The Hall–Kier alpha value is -2.00. The third-order valence-electron chi connectivity index (χ3n) is 3.68. The molecule has 0 aliphatic rings. The van der Waals surface area contributed by atoms with E-state index in [4.69, 9.17) is 15.2 Å². The van der Waals surface area contributed by atoms with Crippen LogP contribution in [0.3, 0.4) is 0 Å². The third kappa shape index (κ3) is 5.00. The number of ether oxygens (including phenoxy) is 2. The normalized spacial score (nSPS) is 12.8. The Morgan fingerprint density at radius 1 is 1.17 bits per heavy atom. The minimum Gasteiger partial charge on any atom is -0.493 e. The van der Waals surface area contributed by atoms with E-state index in [0.29, 0.717) is 6.54 Å². The molecule has 23 heavy (non-hydrogen) atoms. The van der Waals surface area contributed by atoms with Gasteiger partial charge in [0.2, 0.25) is 0 Å². The zero-order chi connectivity index (χ0) is 17.2. The van der Waals surface area contributed by atoms with E-state index in [1.54, 1.807) is 14.2 Å². The first-order valence-corrected chi connectivity index (χ1v) is 8.09. The molecule has 0 atom stereocenters. The van der Waals surface area contributed by atoms with E-state index in [1.807, 2.05) is 32.1 Å². The van der Waals surface area contributed by atoms with Crippen LogP contribution in [0.4, 0.5) is 0 Å². The Morgan fingerprint density at radius 3 is 2.39 bits per heavy atom. The zero-order valence-electron chi connectivity index (χ0n) is 15.0. The predicted molar refractivity (Wildman–Crippen MR) is 99.1 cm³/mol. The number of hydrogen-bond acceptors (Lipinski definition) is 3. The van der Waals surface area contributed by atoms with Crippen LogP contribution < -0.4 is 15.2 Å². The lowest BCUT2D eigenvalue weighted by molar-refractivity contribution is 0.351. The summed E-state index contributed by atoms with van der Waals surface area (Å²) in [6, 6.07) is 4.20. The topological polar surface area (TPSA) is 44.5 Å². The van der Waals surface area contributed by atoms with Crippen molar-refractivity contribution in [1.29, 1.82) is 0 Å². The van der Waals surface area contributed by atoms with Crippen LogP contribution in [-0.4, -0.2) is 20.8 Å². The smallest absolute Gasteiger partial charge is 0.163 e. The Morgan fingerprint density at radius 2 is 1.91 bits per heavy atom. The third-order valence-corrected chi connectivity index (χ3v) is 3.68. The summed E-state index contributed by atoms with van der Waals surface area (Å²) in [7, 11) is 3.36. The van der Waals surface area contributed by atoms with Crippen molar-refractivity contribution in [3.63, 3.8) is 0 Å². The fourth-order valence-corrected chi connectivity index (χ4v) is 2.59. The highest BCUT2D eigenvalue weighted by Gasteiger charge is 2.13. The number of hydrogen-bond donors (Lipinski definition) is 1. The molecule has 0 amide bonds. The fourth-order valence-electron chi connectivity index (χ4n) is 2.59. The molecule has 0 aliphatic carbocycles. The van der Waals surface area contributed by atoms with Crippen molar-refractivity contribution in [1.82, 2.24) is 0 Å². The summed E-state index contributed by atoms with van der Waals surface area (Å²) in [5.41, 5.74) is 10.3. The van der Waals surface area contributed by atoms with Crippen LogP contribution in [0.1, 0.15) is 38.3 Å². The molecular weight excluding hydrogens is 286 g/mol. The van der Waals surface area contributed by atoms with E-state index < -0.39 is 0 Å². The molecule has 126 valence electrons. The summed E-state index contributed by atoms with van der Waals surface area (Å²) >= 11 is 0. The number of methoxy groups -OCH3 is 2. The zero-order valence-corrected chi connectivity index (χ0v) is 15.0. The van der Waals surface area contributed by atoms with Crippen LogP contribution in [0, 0.1) is 0 Å². The minimum absolute atomic E-state index is 0.511. The van der Waals surface area contributed by atoms with Gasteiger partial charge in [-0.3, -0.25) is 0 Å². The van der Waals surface area contributed by atoms with E-state index in [0.717, 1.165) is 46.6 Å². The monoisotopic (exact) mass is 315 g/mol. The highest BCUT2D eigenvalue weighted by molar-refractivity contribution is 5.77. The first-order valence-electron chi connectivity index (χ1n) is 8.09. The first-order chi connectivity index (χ1) is 11.1. The lowest BCUT2D eigenvalue weighted by Crippen LogP contribution is -2.02. The molecule has 1 aromatic carbocycles. The second-order valence-corrected chi connectivity index (χ2v) is 5.29. The van der Waals surface area contributed by atoms with Crippen LogP contribution >= 0.6 is 0 Å². The van der Waals surface area contributed by atoms with Crippen LogP contribution in [-0.2, 0) is 6.42 Å². The highest BCUT2D eigenvalue weighted by atomic mass is 16.5. The number of allylic oxidation sites excluding steroid dienone is 4. The summed E-state index contributed by atoms with van der Waals surface area (Å²) in [5.74, 6) is 1.59. The van der Waals surface area contributed by atoms with E-state index in [2.05, 4.69) is 25.1 Å². The lowest BCUT2D eigenvalue weighted by atomic mass is 9.97. The molecule has 1 aromatic rings. The van der Waals surface area contributed by atoms with Crippen molar-refractivity contribution in [2.24, 2.45) is 5.73 Å². The summed E-state index contributed by atoms with van der Waals surface area (Å²) in [6.07, 6.45) is 10.3. The van der Waals surface area contributed by atoms with Crippen LogP contribution in [0.2, 0.25) is 0 Å². The van der Waals surface area contributed by atoms with Crippen LogP contribution in [0.25, 0.3) is 5.57 Å². The summed E-state index contributed by atoms with van der Waals surface area (Å²) in [5, 5.41) is 0. The number of rotatable bonds is 8. The average molecular weight is 315 g/mol. The standard InChI is InChI=1S/C20H29NO2/c1-6-9-15(14-21)11-16(8-3)18-12-17(10-7-2)20(23-5)19(13-18)22-4/h6,8-9,11-13H,7,10,14,21H2,1-5H3/b9-6-,15-11+,16-8-. The van der Waals surface area contributed by atoms with Gasteiger partial charge in [0.15, 0.2) is 11.5 Å². The lowest BCUT2D eigenvalue weighted by Gasteiger charge is -2.15. The molecule has 0 saturated heterocycles. The number of nitrogens with two attached hydrogens (primary N) is 1. The molecule has 0 radical (unpaired) electrons. The summed E-state index contributed by atoms with van der Waals surface area (Å²) in [6.45, 7) is 6.70. The molecule has 3 heteroatoms. The largest absolute Gasteiger partial charge is 0.493 e. The predicted octanol–water partition coefficient (Wildman–Crippen LogP) is 4.52. The van der Waals surface area contributed by atoms with E-state index in [9.17, 15) is 0 Å². The maximum Gasteiger partial charge on any atom is 0.163 e. The number of aryl methyl sites for hydroxylation is 1. The Kier molecular flexibility index (Phi) is 8.20. The van der Waals surface area contributed by atoms with Gasteiger partial charge in [-0.05, 0) is 54.7 Å². The molecule has 0 aliphatic heterocycles. The number of benzene rings is 1. The fraction of sp³-hybridized carbons (Fsp3) is 0.400. The van der Waals surface area contributed by atoms with Gasteiger partial charge in [-0.15, -0.1) is 0 Å². The van der Waals surface area contributed by atoms with Crippen molar-refractivity contribution < 1.29 is 9.47 Å². The van der Waals surface area contributed by atoms with Gasteiger partial charge in [-0.2, -0.15) is 0 Å². The molecule has 0 fully saturated rings. The Balaban J connectivity index is 3.42. The maximum absolute atomic E-state index is 5.83. The van der Waals surface area contributed by atoms with Gasteiger partial charge >= 0.3 is 0 Å². The second kappa shape index (κ2) is 9.90. The quantitative estimate of drug-likeness (QED) is 0.717. The molecular formula is C20H29NO2. The van der Waals surface area contributed by atoms with E-state index in [-0.39, 0.29) is 0 Å². The highest BCUT2D eigenvalue weighted by Crippen LogP contribution is 2.36. The van der Waals surface area contributed by atoms with E-state index >= 15 is 0 Å².